The minimum absolute atomic E-state index is 0.0983. The van der Waals surface area contributed by atoms with Crippen molar-refractivity contribution in [2.24, 2.45) is 0 Å². The monoisotopic (exact) mass is 476 g/mol. The standard InChI is InChI=1S/C29H24N4O3/c1-17-4-13-26-24(14-17)25(34)16-27(36-26)20-5-7-21(8-6-20)28(35)32-22-9-11-23(12-10-22)33-29-30-18(2)15-19(3)31-29/h4-16H,1-3H3,(H,32,35)(H,30,31,33). The Morgan fingerprint density at radius 2 is 1.44 bits per heavy atom. The normalized spacial score (nSPS) is 10.9. The van der Waals surface area contributed by atoms with Crippen molar-refractivity contribution in [2.45, 2.75) is 20.8 Å². The average molecular weight is 477 g/mol. The van der Waals surface area contributed by atoms with Gasteiger partial charge in [-0.3, -0.25) is 9.59 Å². The quantitative estimate of drug-likeness (QED) is 0.315. The van der Waals surface area contributed by atoms with Gasteiger partial charge < -0.3 is 15.1 Å². The lowest BCUT2D eigenvalue weighted by atomic mass is 10.1. The molecule has 3 aromatic carbocycles. The zero-order valence-corrected chi connectivity index (χ0v) is 20.1. The second-order valence-electron chi connectivity index (χ2n) is 8.68. The fraction of sp³-hybridized carbons (Fsp3) is 0.103. The van der Waals surface area contributed by atoms with Crippen LogP contribution in [-0.4, -0.2) is 15.9 Å². The van der Waals surface area contributed by atoms with Gasteiger partial charge in [0.1, 0.15) is 11.3 Å². The second-order valence-corrected chi connectivity index (χ2v) is 8.68. The maximum absolute atomic E-state index is 12.8. The molecule has 0 aliphatic rings. The van der Waals surface area contributed by atoms with Gasteiger partial charge in [0.15, 0.2) is 5.43 Å². The Morgan fingerprint density at radius 3 is 2.14 bits per heavy atom. The summed E-state index contributed by atoms with van der Waals surface area (Å²) in [5.74, 6) is 0.747. The maximum Gasteiger partial charge on any atom is 0.255 e. The Labute approximate surface area is 207 Å². The van der Waals surface area contributed by atoms with Gasteiger partial charge in [-0.1, -0.05) is 23.8 Å². The number of nitrogens with zero attached hydrogens (tertiary/aromatic N) is 2. The highest BCUT2D eigenvalue weighted by molar-refractivity contribution is 6.04. The van der Waals surface area contributed by atoms with Crippen LogP contribution in [0.3, 0.4) is 0 Å². The molecule has 0 atom stereocenters. The molecule has 5 rings (SSSR count). The highest BCUT2D eigenvalue weighted by Gasteiger charge is 2.10. The predicted octanol–water partition coefficient (Wildman–Crippen LogP) is 6.17. The van der Waals surface area contributed by atoms with Gasteiger partial charge in [0, 0.05) is 40.0 Å². The van der Waals surface area contributed by atoms with Crippen molar-refractivity contribution in [1.82, 2.24) is 9.97 Å². The lowest BCUT2D eigenvalue weighted by Gasteiger charge is -2.09. The summed E-state index contributed by atoms with van der Waals surface area (Å²) in [5, 5.41) is 6.62. The van der Waals surface area contributed by atoms with Gasteiger partial charge >= 0.3 is 0 Å². The molecule has 178 valence electrons. The molecule has 7 nitrogen and oxygen atoms in total. The molecule has 0 unspecified atom stereocenters. The van der Waals surface area contributed by atoms with E-state index in [4.69, 9.17) is 4.42 Å². The topological polar surface area (TPSA) is 97.1 Å². The smallest absolute Gasteiger partial charge is 0.255 e. The summed E-state index contributed by atoms with van der Waals surface area (Å²) in [6.07, 6.45) is 0. The van der Waals surface area contributed by atoms with E-state index in [0.717, 1.165) is 28.2 Å². The van der Waals surface area contributed by atoms with Crippen LogP contribution >= 0.6 is 0 Å². The first kappa shape index (κ1) is 23.0. The van der Waals surface area contributed by atoms with Crippen molar-refractivity contribution in [3.63, 3.8) is 0 Å². The first-order valence-electron chi connectivity index (χ1n) is 11.5. The number of rotatable bonds is 5. The van der Waals surface area contributed by atoms with E-state index in [1.54, 1.807) is 30.3 Å². The number of carbonyl (C=O) groups excluding carboxylic acids is 1. The van der Waals surface area contributed by atoms with E-state index in [0.29, 0.717) is 33.9 Å². The Hall–Kier alpha value is -4.78. The summed E-state index contributed by atoms with van der Waals surface area (Å²) in [6.45, 7) is 5.77. The van der Waals surface area contributed by atoms with E-state index < -0.39 is 0 Å². The predicted molar refractivity (Wildman–Crippen MR) is 142 cm³/mol. The number of nitrogens with one attached hydrogen (secondary N) is 2. The van der Waals surface area contributed by atoms with Crippen molar-refractivity contribution in [1.29, 1.82) is 0 Å². The number of hydrogen-bond acceptors (Lipinski definition) is 6. The highest BCUT2D eigenvalue weighted by atomic mass is 16.3. The average Bonchev–Trinajstić information content (AvgIpc) is 2.85. The summed E-state index contributed by atoms with van der Waals surface area (Å²) >= 11 is 0. The molecule has 1 amide bonds. The zero-order valence-electron chi connectivity index (χ0n) is 20.1. The number of fused-ring (bicyclic) bond motifs is 1. The number of aryl methyl sites for hydroxylation is 3. The number of benzene rings is 3. The van der Waals surface area contributed by atoms with E-state index in [9.17, 15) is 9.59 Å². The molecular weight excluding hydrogens is 452 g/mol. The lowest BCUT2D eigenvalue weighted by Crippen LogP contribution is -2.11. The van der Waals surface area contributed by atoms with Crippen LogP contribution in [0.5, 0.6) is 0 Å². The van der Waals surface area contributed by atoms with Crippen molar-refractivity contribution in [3.8, 4) is 11.3 Å². The first-order chi connectivity index (χ1) is 17.3. The Kier molecular flexibility index (Phi) is 6.04. The third-order valence-electron chi connectivity index (χ3n) is 5.70. The van der Waals surface area contributed by atoms with Crippen molar-refractivity contribution in [3.05, 3.63) is 112 Å². The Morgan fingerprint density at radius 1 is 0.778 bits per heavy atom. The number of anilines is 3. The largest absolute Gasteiger partial charge is 0.456 e. The minimum Gasteiger partial charge on any atom is -0.456 e. The van der Waals surface area contributed by atoms with Crippen LogP contribution in [0.1, 0.15) is 27.3 Å². The van der Waals surface area contributed by atoms with Gasteiger partial charge in [0.25, 0.3) is 5.91 Å². The molecule has 2 heterocycles. The van der Waals surface area contributed by atoms with Crippen LogP contribution in [0.25, 0.3) is 22.3 Å². The van der Waals surface area contributed by atoms with Crippen LogP contribution in [0, 0.1) is 20.8 Å². The number of hydrogen-bond donors (Lipinski definition) is 2. The maximum atomic E-state index is 12.8. The van der Waals surface area contributed by atoms with Gasteiger partial charge in [0.05, 0.1) is 5.39 Å². The molecule has 0 saturated heterocycles. The van der Waals surface area contributed by atoms with Crippen LogP contribution in [0.4, 0.5) is 17.3 Å². The van der Waals surface area contributed by atoms with Crippen molar-refractivity contribution < 1.29 is 9.21 Å². The Balaban J connectivity index is 1.28. The van der Waals surface area contributed by atoms with E-state index in [1.807, 2.05) is 63.2 Å². The molecule has 0 aliphatic heterocycles. The molecule has 7 heteroatoms. The van der Waals surface area contributed by atoms with Gasteiger partial charge in [-0.2, -0.15) is 0 Å². The third kappa shape index (κ3) is 5.00. The third-order valence-corrected chi connectivity index (χ3v) is 5.70. The van der Waals surface area contributed by atoms with E-state index in [2.05, 4.69) is 20.6 Å². The Bertz CT molecular complexity index is 1620. The molecule has 0 saturated carbocycles. The fourth-order valence-corrected chi connectivity index (χ4v) is 3.95. The molecule has 0 radical (unpaired) electrons. The van der Waals surface area contributed by atoms with E-state index in [1.165, 1.54) is 6.07 Å². The fourth-order valence-electron chi connectivity index (χ4n) is 3.95. The van der Waals surface area contributed by atoms with Crippen LogP contribution < -0.4 is 16.1 Å². The summed E-state index contributed by atoms with van der Waals surface area (Å²) < 4.78 is 5.93. The molecular formula is C29H24N4O3. The summed E-state index contributed by atoms with van der Waals surface area (Å²) in [6, 6.07) is 23.2. The van der Waals surface area contributed by atoms with Gasteiger partial charge in [-0.05, 0) is 75.4 Å². The molecule has 5 aromatic rings. The molecule has 0 fully saturated rings. The van der Waals surface area contributed by atoms with Crippen LogP contribution in [-0.2, 0) is 0 Å². The van der Waals surface area contributed by atoms with E-state index >= 15 is 0 Å². The first-order valence-corrected chi connectivity index (χ1v) is 11.5. The summed E-state index contributed by atoms with van der Waals surface area (Å²) in [5.41, 5.74) is 5.89. The number of amides is 1. The summed E-state index contributed by atoms with van der Waals surface area (Å²) in [4.78, 5) is 34.0. The molecule has 0 aliphatic carbocycles. The molecule has 0 bridgehead atoms. The molecule has 36 heavy (non-hydrogen) atoms. The number of carbonyl (C=O) groups is 1. The van der Waals surface area contributed by atoms with Crippen molar-refractivity contribution >= 4 is 34.2 Å². The molecule has 0 spiro atoms. The second kappa shape index (κ2) is 9.46. The van der Waals surface area contributed by atoms with Gasteiger partial charge in [0.2, 0.25) is 5.95 Å². The van der Waals surface area contributed by atoms with Gasteiger partial charge in [-0.15, -0.1) is 0 Å². The molecule has 2 N–H and O–H groups in total. The van der Waals surface area contributed by atoms with Gasteiger partial charge in [-0.25, -0.2) is 9.97 Å². The van der Waals surface area contributed by atoms with Crippen molar-refractivity contribution in [2.75, 3.05) is 10.6 Å². The summed E-state index contributed by atoms with van der Waals surface area (Å²) in [7, 11) is 0. The number of aromatic nitrogens is 2. The highest BCUT2D eigenvalue weighted by Crippen LogP contribution is 2.24. The zero-order chi connectivity index (χ0) is 25.2. The minimum atomic E-state index is -0.240. The van der Waals surface area contributed by atoms with Crippen LogP contribution in [0.2, 0.25) is 0 Å². The van der Waals surface area contributed by atoms with E-state index in [-0.39, 0.29) is 11.3 Å². The SMILES string of the molecule is Cc1ccc2oc(-c3ccc(C(=O)Nc4ccc(Nc5nc(C)cc(C)n5)cc4)cc3)cc(=O)c2c1. The molecule has 2 aromatic heterocycles. The lowest BCUT2D eigenvalue weighted by molar-refractivity contribution is 0.102. The van der Waals surface area contributed by atoms with Crippen LogP contribution in [0.15, 0.2) is 88.1 Å².